The normalized spacial score (nSPS) is 21.6. The third kappa shape index (κ3) is 3.50. The fraction of sp³-hybridized carbons (Fsp3) is 0.375. The summed E-state index contributed by atoms with van der Waals surface area (Å²) >= 11 is 0. The first-order chi connectivity index (χ1) is 10.5. The van der Waals surface area contributed by atoms with Gasteiger partial charge in [-0.1, -0.05) is 24.3 Å². The summed E-state index contributed by atoms with van der Waals surface area (Å²) < 4.78 is 26.9. The van der Waals surface area contributed by atoms with Gasteiger partial charge in [-0.25, -0.2) is 13.6 Å². The van der Waals surface area contributed by atoms with E-state index in [1.807, 2.05) is 0 Å². The highest BCUT2D eigenvalue weighted by molar-refractivity contribution is 5.87. The molecule has 0 bridgehead atoms. The third-order valence-electron chi connectivity index (χ3n) is 3.73. The van der Waals surface area contributed by atoms with Crippen LogP contribution in [0.5, 0.6) is 0 Å². The van der Waals surface area contributed by atoms with Gasteiger partial charge in [0.05, 0.1) is 0 Å². The molecule has 3 unspecified atom stereocenters. The lowest BCUT2D eigenvalue weighted by atomic mass is 10.1. The molecule has 22 heavy (non-hydrogen) atoms. The smallest absolute Gasteiger partial charge is 0.326 e. The minimum Gasteiger partial charge on any atom is -0.480 e. The summed E-state index contributed by atoms with van der Waals surface area (Å²) in [5, 5.41) is 11.5. The molecular weight excluding hydrogens is 292 g/mol. The number of aliphatic carboxylic acids is 1. The van der Waals surface area contributed by atoms with E-state index in [2.05, 4.69) is 5.32 Å². The molecule has 0 aromatic heterocycles. The molecule has 1 aliphatic rings. The van der Waals surface area contributed by atoms with Crippen LogP contribution in [0.1, 0.15) is 31.2 Å². The van der Waals surface area contributed by atoms with Crippen LogP contribution < -0.4 is 5.32 Å². The van der Waals surface area contributed by atoms with Gasteiger partial charge in [0.1, 0.15) is 6.04 Å². The van der Waals surface area contributed by atoms with E-state index in [4.69, 9.17) is 5.11 Å². The molecule has 1 aromatic rings. The van der Waals surface area contributed by atoms with E-state index in [1.165, 1.54) is 12.1 Å². The quantitative estimate of drug-likeness (QED) is 0.794. The van der Waals surface area contributed by atoms with Crippen LogP contribution in [-0.4, -0.2) is 23.0 Å². The van der Waals surface area contributed by atoms with Crippen LogP contribution in [0.15, 0.2) is 30.4 Å². The minimum atomic E-state index is -1.12. The van der Waals surface area contributed by atoms with Crippen molar-refractivity contribution in [2.75, 3.05) is 0 Å². The largest absolute Gasteiger partial charge is 0.480 e. The highest BCUT2D eigenvalue weighted by Crippen LogP contribution is 2.48. The fourth-order valence-corrected chi connectivity index (χ4v) is 2.41. The summed E-state index contributed by atoms with van der Waals surface area (Å²) in [6, 6.07) is 2.86. The van der Waals surface area contributed by atoms with Gasteiger partial charge >= 0.3 is 5.97 Å². The highest BCUT2D eigenvalue weighted by atomic mass is 19.2. The Balaban J connectivity index is 2.00. The Morgan fingerprint density at radius 3 is 2.82 bits per heavy atom. The summed E-state index contributed by atoms with van der Waals surface area (Å²) in [4.78, 5) is 23.1. The number of carbonyl (C=O) groups excluding carboxylic acids is 1. The Labute approximate surface area is 126 Å². The van der Waals surface area contributed by atoms with Crippen molar-refractivity contribution in [2.45, 2.75) is 31.7 Å². The van der Waals surface area contributed by atoms with E-state index in [1.54, 1.807) is 19.1 Å². The average molecular weight is 309 g/mol. The molecule has 2 N–H and O–H groups in total. The van der Waals surface area contributed by atoms with Gasteiger partial charge < -0.3 is 10.4 Å². The second-order valence-electron chi connectivity index (χ2n) is 5.30. The predicted molar refractivity (Wildman–Crippen MR) is 76.2 cm³/mol. The second-order valence-corrected chi connectivity index (χ2v) is 5.30. The van der Waals surface area contributed by atoms with E-state index in [9.17, 15) is 18.4 Å². The first kappa shape index (κ1) is 16.1. The Morgan fingerprint density at radius 1 is 1.45 bits per heavy atom. The number of nitrogens with one attached hydrogen (secondary N) is 1. The molecule has 1 aliphatic carbocycles. The van der Waals surface area contributed by atoms with Gasteiger partial charge in [-0.3, -0.25) is 4.79 Å². The Bertz CT molecular complexity index is 615. The van der Waals surface area contributed by atoms with Crippen LogP contribution in [0.25, 0.3) is 0 Å². The second kappa shape index (κ2) is 6.68. The van der Waals surface area contributed by atoms with E-state index in [0.29, 0.717) is 6.42 Å². The molecule has 0 heterocycles. The summed E-state index contributed by atoms with van der Waals surface area (Å²) in [7, 11) is 0. The maximum atomic E-state index is 13.7. The number of carboxylic acid groups (broad SMARTS) is 1. The molecular formula is C16H17F2NO3. The van der Waals surface area contributed by atoms with Crippen LogP contribution in [-0.2, 0) is 9.59 Å². The molecule has 0 radical (unpaired) electrons. The molecule has 1 fully saturated rings. The molecule has 1 aromatic carbocycles. The van der Waals surface area contributed by atoms with Crippen molar-refractivity contribution >= 4 is 11.9 Å². The number of hydrogen-bond donors (Lipinski definition) is 2. The van der Waals surface area contributed by atoms with E-state index in [0.717, 1.165) is 6.07 Å². The van der Waals surface area contributed by atoms with E-state index >= 15 is 0 Å². The molecule has 118 valence electrons. The number of carboxylic acids is 1. The van der Waals surface area contributed by atoms with Gasteiger partial charge in [0.15, 0.2) is 11.6 Å². The van der Waals surface area contributed by atoms with Gasteiger partial charge in [-0.05, 0) is 37.3 Å². The molecule has 0 aliphatic heterocycles. The number of allylic oxidation sites excluding steroid dienone is 1. The standard InChI is InChI=1S/C16H17F2NO3/c1-2-3-7-13(16(21)22)19-15(20)11-8-10(11)9-5-4-6-12(17)14(9)18/h2-6,10-11,13H,7-8H2,1H3,(H,19,20)(H,21,22)/b3-2+. The predicted octanol–water partition coefficient (Wildman–Crippen LogP) is 2.60. The van der Waals surface area contributed by atoms with Crippen LogP contribution in [0.2, 0.25) is 0 Å². The molecule has 4 nitrogen and oxygen atoms in total. The van der Waals surface area contributed by atoms with Crippen molar-refractivity contribution in [3.05, 3.63) is 47.5 Å². The molecule has 1 amide bonds. The first-order valence-electron chi connectivity index (χ1n) is 7.04. The Hall–Kier alpha value is -2.24. The molecule has 1 saturated carbocycles. The lowest BCUT2D eigenvalue weighted by Gasteiger charge is -2.12. The summed E-state index contributed by atoms with van der Waals surface area (Å²) in [6.07, 6.45) is 3.92. The van der Waals surface area contributed by atoms with Crippen molar-refractivity contribution in [3.63, 3.8) is 0 Å². The molecule has 0 saturated heterocycles. The number of hydrogen-bond acceptors (Lipinski definition) is 2. The lowest BCUT2D eigenvalue weighted by Crippen LogP contribution is -2.41. The topological polar surface area (TPSA) is 66.4 Å². The average Bonchev–Trinajstić information content (AvgIpc) is 3.26. The van der Waals surface area contributed by atoms with Crippen LogP contribution in [0.4, 0.5) is 8.78 Å². The Kier molecular flexibility index (Phi) is 4.90. The summed E-state index contributed by atoms with van der Waals surface area (Å²) in [5.41, 5.74) is 0.167. The van der Waals surface area contributed by atoms with E-state index in [-0.39, 0.29) is 12.0 Å². The van der Waals surface area contributed by atoms with Crippen LogP contribution in [0, 0.1) is 17.6 Å². The number of rotatable bonds is 6. The summed E-state index contributed by atoms with van der Waals surface area (Å²) in [5.74, 6) is -4.35. The number of halogens is 2. The molecule has 2 rings (SSSR count). The third-order valence-corrected chi connectivity index (χ3v) is 3.73. The van der Waals surface area contributed by atoms with Crippen molar-refractivity contribution in [1.29, 1.82) is 0 Å². The van der Waals surface area contributed by atoms with Gasteiger partial charge in [0, 0.05) is 5.92 Å². The fourth-order valence-electron chi connectivity index (χ4n) is 2.41. The maximum Gasteiger partial charge on any atom is 0.326 e. The molecule has 6 heteroatoms. The zero-order valence-electron chi connectivity index (χ0n) is 12.1. The number of amides is 1. The minimum absolute atomic E-state index is 0.167. The zero-order valence-corrected chi connectivity index (χ0v) is 12.1. The number of carbonyl (C=O) groups is 2. The van der Waals surface area contributed by atoms with Gasteiger partial charge in [-0.15, -0.1) is 0 Å². The van der Waals surface area contributed by atoms with Gasteiger partial charge in [0.25, 0.3) is 0 Å². The van der Waals surface area contributed by atoms with Crippen molar-refractivity contribution < 1.29 is 23.5 Å². The van der Waals surface area contributed by atoms with Crippen molar-refractivity contribution in [3.8, 4) is 0 Å². The Morgan fingerprint density at radius 2 is 2.18 bits per heavy atom. The van der Waals surface area contributed by atoms with Crippen LogP contribution >= 0.6 is 0 Å². The molecule has 0 spiro atoms. The van der Waals surface area contributed by atoms with E-state index < -0.39 is 41.4 Å². The van der Waals surface area contributed by atoms with Gasteiger partial charge in [-0.2, -0.15) is 0 Å². The van der Waals surface area contributed by atoms with Crippen molar-refractivity contribution in [1.82, 2.24) is 5.32 Å². The monoisotopic (exact) mass is 309 g/mol. The van der Waals surface area contributed by atoms with Crippen molar-refractivity contribution in [2.24, 2.45) is 5.92 Å². The first-order valence-corrected chi connectivity index (χ1v) is 7.04. The number of benzene rings is 1. The van der Waals surface area contributed by atoms with Crippen LogP contribution in [0.3, 0.4) is 0 Å². The SMILES string of the molecule is C/C=C/CC(NC(=O)C1CC1c1cccc(F)c1F)C(=O)O. The zero-order chi connectivity index (χ0) is 16.3. The van der Waals surface area contributed by atoms with Gasteiger partial charge in [0.2, 0.25) is 5.91 Å². The lowest BCUT2D eigenvalue weighted by molar-refractivity contribution is -0.141. The summed E-state index contributed by atoms with van der Waals surface area (Å²) in [6.45, 7) is 1.75. The molecule has 3 atom stereocenters. The highest BCUT2D eigenvalue weighted by Gasteiger charge is 2.46. The maximum absolute atomic E-state index is 13.7.